The second-order valence-corrected chi connectivity index (χ2v) is 21.8. The predicted octanol–water partition coefficient (Wildman–Crippen LogP) is 8.35. The van der Waals surface area contributed by atoms with Crippen molar-refractivity contribution in [1.29, 1.82) is 10.8 Å². The van der Waals surface area contributed by atoms with Crippen molar-refractivity contribution in [3.8, 4) is 17.2 Å². The molecule has 10 rings (SSSR count). The van der Waals surface area contributed by atoms with Gasteiger partial charge in [0.05, 0.1) is 49.2 Å². The van der Waals surface area contributed by atoms with E-state index in [9.17, 15) is 29.7 Å². The van der Waals surface area contributed by atoms with Gasteiger partial charge in [0.25, 0.3) is 11.8 Å². The van der Waals surface area contributed by atoms with Crippen molar-refractivity contribution in [3.05, 3.63) is 124 Å². The molecule has 1 aliphatic carbocycles. The van der Waals surface area contributed by atoms with Crippen LogP contribution in [0.3, 0.4) is 0 Å². The number of nitrogens with zero attached hydrogens (tertiary/aromatic N) is 2. The van der Waals surface area contributed by atoms with Crippen molar-refractivity contribution >= 4 is 35.5 Å². The highest BCUT2D eigenvalue weighted by Gasteiger charge is 2.49. The standard InChI is InChI=1S/C57H67FN8O8/c1-7-56(8-2)30-47(67)65(52(59)63-56)42-21-22-72-44-18-15-32(23-39(42)44)50(69)61-41-29-54(5,74-46-20-17-35(58)25-38(41)46)28-36-26-43(66-48(68)31-57(9-3,10-4)64-53(66)60)40-24-33(16-19-45(40)73-36)51(70)62-49-37-14-12-11-13-34(37)27-55(49,6)71/h11-20,23-25,36,41-43,49,71H,7-10,21-22,26-31H2,1-6H3,(H2,59,63)(H2,60,64)(H,61,69)(H,62,70)/t36?,41-,42+,43+,49+,54?,55?/m0/s1. The fourth-order valence-corrected chi connectivity index (χ4v) is 12.5. The van der Waals surface area contributed by atoms with Gasteiger partial charge in [0.15, 0.2) is 11.9 Å². The summed E-state index contributed by atoms with van der Waals surface area (Å²) >= 11 is 0. The Morgan fingerprint density at radius 1 is 0.730 bits per heavy atom. The number of hydrogen-bond donors (Lipinski definition) is 7. The third kappa shape index (κ3) is 9.10. The van der Waals surface area contributed by atoms with E-state index in [1.165, 1.54) is 21.9 Å². The number of rotatable bonds is 12. The number of hydrogen-bond acceptors (Lipinski definition) is 10. The van der Waals surface area contributed by atoms with Crippen LogP contribution in [-0.4, -0.2) is 85.4 Å². The van der Waals surface area contributed by atoms with Gasteiger partial charge in [-0.25, -0.2) is 4.39 Å². The fourth-order valence-electron chi connectivity index (χ4n) is 12.5. The third-order valence-electron chi connectivity index (χ3n) is 16.9. The number of aliphatic hydroxyl groups is 1. The van der Waals surface area contributed by atoms with E-state index < -0.39 is 70.2 Å². The zero-order valence-electron chi connectivity index (χ0n) is 43.0. The van der Waals surface area contributed by atoms with E-state index >= 15 is 4.39 Å². The molecule has 4 aromatic rings. The average Bonchev–Trinajstić information content (AvgIpc) is 3.64. The first-order valence-corrected chi connectivity index (χ1v) is 26.2. The van der Waals surface area contributed by atoms with Crippen molar-refractivity contribution in [3.63, 3.8) is 0 Å². The van der Waals surface area contributed by atoms with Gasteiger partial charge in [0.1, 0.15) is 34.8 Å². The second kappa shape index (κ2) is 19.0. The van der Waals surface area contributed by atoms with Crippen LogP contribution in [0.1, 0.15) is 178 Å². The lowest BCUT2D eigenvalue weighted by molar-refractivity contribution is -0.134. The van der Waals surface area contributed by atoms with Gasteiger partial charge < -0.3 is 40.6 Å². The molecule has 74 heavy (non-hydrogen) atoms. The number of ether oxygens (including phenoxy) is 3. The smallest absolute Gasteiger partial charge is 0.251 e. The maximum Gasteiger partial charge on any atom is 0.251 e. The first-order chi connectivity index (χ1) is 35.3. The number of carbonyl (C=O) groups is 4. The van der Waals surface area contributed by atoms with Crippen LogP contribution in [0.2, 0.25) is 0 Å². The molecule has 4 amide bonds. The lowest BCUT2D eigenvalue weighted by Crippen LogP contribution is -2.63. The largest absolute Gasteiger partial charge is 0.493 e. The van der Waals surface area contributed by atoms with Gasteiger partial charge in [-0.05, 0) is 105 Å². The van der Waals surface area contributed by atoms with Crippen molar-refractivity contribution < 1.29 is 42.9 Å². The van der Waals surface area contributed by atoms with E-state index in [2.05, 4.69) is 21.3 Å². The molecule has 7 atom stereocenters. The van der Waals surface area contributed by atoms with Gasteiger partial charge in [-0.15, -0.1) is 0 Å². The third-order valence-corrected chi connectivity index (χ3v) is 16.9. The Morgan fingerprint density at radius 2 is 1.31 bits per heavy atom. The molecule has 5 heterocycles. The minimum Gasteiger partial charge on any atom is -0.493 e. The van der Waals surface area contributed by atoms with E-state index in [0.29, 0.717) is 90.2 Å². The van der Waals surface area contributed by atoms with Crippen molar-refractivity contribution in [2.75, 3.05) is 6.61 Å². The molecule has 16 nitrogen and oxygen atoms in total. The summed E-state index contributed by atoms with van der Waals surface area (Å²) in [5.74, 6) is -0.423. The fraction of sp³-hybridized carbons (Fsp3) is 0.474. The molecule has 2 saturated heterocycles. The molecule has 5 aliphatic heterocycles. The predicted molar refractivity (Wildman–Crippen MR) is 275 cm³/mol. The number of fused-ring (bicyclic) bond motifs is 4. The molecule has 0 bridgehead atoms. The topological polar surface area (TPSA) is 218 Å². The van der Waals surface area contributed by atoms with Crippen LogP contribution < -0.4 is 35.5 Å². The summed E-state index contributed by atoms with van der Waals surface area (Å²) in [7, 11) is 0. The Kier molecular flexibility index (Phi) is 13.0. The van der Waals surface area contributed by atoms with E-state index in [-0.39, 0.29) is 55.8 Å². The van der Waals surface area contributed by atoms with Gasteiger partial charge >= 0.3 is 0 Å². The lowest BCUT2D eigenvalue weighted by Gasteiger charge is -2.48. The van der Waals surface area contributed by atoms with Crippen LogP contribution in [0.15, 0.2) is 78.9 Å². The van der Waals surface area contributed by atoms with Crippen molar-refractivity contribution in [2.24, 2.45) is 0 Å². The molecule has 7 N–H and O–H groups in total. The molecule has 17 heteroatoms. The van der Waals surface area contributed by atoms with Gasteiger partial charge in [-0.1, -0.05) is 52.0 Å². The zero-order chi connectivity index (χ0) is 52.5. The Hall–Kier alpha value is -7.01. The van der Waals surface area contributed by atoms with Gasteiger partial charge in [0.2, 0.25) is 11.8 Å². The molecule has 2 fully saturated rings. The Labute approximate surface area is 431 Å². The molecule has 6 aliphatic rings. The highest BCUT2D eigenvalue weighted by Crippen LogP contribution is 2.48. The molecular formula is C57H67FN8O8. The number of guanidine groups is 2. The van der Waals surface area contributed by atoms with Gasteiger partial charge in [-0.2, -0.15) is 0 Å². The molecule has 0 spiro atoms. The number of carbonyl (C=O) groups excluding carboxylic acids is 4. The Morgan fingerprint density at radius 3 is 1.95 bits per heavy atom. The van der Waals surface area contributed by atoms with E-state index in [1.54, 1.807) is 49.4 Å². The van der Waals surface area contributed by atoms with Crippen LogP contribution in [0.4, 0.5) is 4.39 Å². The molecule has 390 valence electrons. The maximum atomic E-state index is 15.1. The molecule has 0 aromatic heterocycles. The summed E-state index contributed by atoms with van der Waals surface area (Å²) in [5, 5.41) is 42.6. The molecule has 0 saturated carbocycles. The first kappa shape index (κ1) is 50.5. The Bertz CT molecular complexity index is 2910. The summed E-state index contributed by atoms with van der Waals surface area (Å²) in [6, 6.07) is 19.4. The van der Waals surface area contributed by atoms with E-state index in [4.69, 9.17) is 19.6 Å². The number of nitrogens with one attached hydrogen (secondary N) is 6. The summed E-state index contributed by atoms with van der Waals surface area (Å²) in [5.41, 5.74) is 0.711. The summed E-state index contributed by atoms with van der Waals surface area (Å²) in [6.45, 7) is 12.0. The first-order valence-electron chi connectivity index (χ1n) is 26.2. The monoisotopic (exact) mass is 1010 g/mol. The maximum absolute atomic E-state index is 15.1. The molecule has 0 radical (unpaired) electrons. The average molecular weight is 1010 g/mol. The van der Waals surface area contributed by atoms with Crippen LogP contribution in [0.25, 0.3) is 0 Å². The van der Waals surface area contributed by atoms with Crippen LogP contribution >= 0.6 is 0 Å². The van der Waals surface area contributed by atoms with Crippen LogP contribution in [-0.2, 0) is 16.0 Å². The zero-order valence-corrected chi connectivity index (χ0v) is 43.0. The second-order valence-electron chi connectivity index (χ2n) is 21.8. The number of amides is 4. The van der Waals surface area contributed by atoms with E-state index in [1.807, 2.05) is 58.9 Å². The van der Waals surface area contributed by atoms with E-state index in [0.717, 1.165) is 11.1 Å². The molecule has 3 unspecified atom stereocenters. The number of benzene rings is 4. The van der Waals surface area contributed by atoms with Crippen molar-refractivity contribution in [2.45, 2.75) is 165 Å². The highest BCUT2D eigenvalue weighted by molar-refractivity contribution is 6.01. The normalized spacial score (nSPS) is 27.4. The molecular weight excluding hydrogens is 944 g/mol. The quantitative estimate of drug-likeness (QED) is 0.0719. The van der Waals surface area contributed by atoms with Crippen LogP contribution in [0, 0.1) is 16.6 Å². The van der Waals surface area contributed by atoms with Gasteiger partial charge in [-0.3, -0.25) is 39.8 Å². The summed E-state index contributed by atoms with van der Waals surface area (Å²) < 4.78 is 34.6. The summed E-state index contributed by atoms with van der Waals surface area (Å²) in [4.78, 5) is 59.8. The lowest BCUT2D eigenvalue weighted by atomic mass is 9.81. The Balaban J connectivity index is 0.921. The minimum absolute atomic E-state index is 0.0246. The number of halogens is 1. The van der Waals surface area contributed by atoms with Crippen molar-refractivity contribution in [1.82, 2.24) is 31.1 Å². The molecule has 4 aromatic carbocycles. The highest BCUT2D eigenvalue weighted by atomic mass is 19.1. The summed E-state index contributed by atoms with van der Waals surface area (Å²) in [6.07, 6.45) is 3.94. The van der Waals surface area contributed by atoms with Gasteiger partial charge in [0, 0.05) is 71.0 Å². The van der Waals surface area contributed by atoms with Crippen LogP contribution in [0.5, 0.6) is 17.2 Å². The minimum atomic E-state index is -1.22. The SMILES string of the molecule is CCC1(CC)CC(=O)N([C@@H]2CCOc3ccc(C(=O)N[C@H]4CC(C)(CC5C[C@@H](N6C(=N)NC(CC)(CC)CC6=O)c6cc(C(=O)N[C@@H]7c8ccccc8CC7(C)O)ccc6O5)Oc5ccc(F)cc54)cc32)C(=N)N1.